The molecule has 1 saturated heterocycles. The van der Waals surface area contributed by atoms with E-state index in [1.165, 1.54) is 31.4 Å². The summed E-state index contributed by atoms with van der Waals surface area (Å²) in [6, 6.07) is 3.39. The Morgan fingerprint density at radius 2 is 1.67 bits per heavy atom. The minimum Gasteiger partial charge on any atom is -0.381 e. The molecule has 2 fully saturated rings. The summed E-state index contributed by atoms with van der Waals surface area (Å²) in [5.41, 5.74) is 1.89. The quantitative estimate of drug-likeness (QED) is 0.840. The molecule has 0 aromatic heterocycles. The molecule has 1 N–H and O–H groups in total. The number of ether oxygens (including phenoxy) is 1. The van der Waals surface area contributed by atoms with E-state index in [0.29, 0.717) is 12.0 Å². The van der Waals surface area contributed by atoms with Gasteiger partial charge >= 0.3 is 0 Å². The predicted molar refractivity (Wildman–Crippen MR) is 92.3 cm³/mol. The number of halogens is 2. The third-order valence-electron chi connectivity index (χ3n) is 5.80. The lowest BCUT2D eigenvalue weighted by Gasteiger charge is -2.30. The molecule has 1 aromatic rings. The summed E-state index contributed by atoms with van der Waals surface area (Å²) < 4.78 is 32.2. The molecule has 1 saturated carbocycles. The van der Waals surface area contributed by atoms with Crippen molar-refractivity contribution in [1.29, 1.82) is 0 Å². The van der Waals surface area contributed by atoms with E-state index in [2.05, 4.69) is 5.32 Å². The van der Waals surface area contributed by atoms with Crippen LogP contribution < -0.4 is 5.32 Å². The summed E-state index contributed by atoms with van der Waals surface area (Å²) in [4.78, 5) is 0. The highest BCUT2D eigenvalue weighted by atomic mass is 19.2. The summed E-state index contributed by atoms with van der Waals surface area (Å²) in [6.07, 6.45) is 8.05. The van der Waals surface area contributed by atoms with Gasteiger partial charge < -0.3 is 10.1 Å². The van der Waals surface area contributed by atoms with E-state index in [-0.39, 0.29) is 0 Å². The average Bonchev–Trinajstić information content (AvgIpc) is 2.60. The molecular weight excluding hydrogens is 308 g/mol. The molecule has 0 atom stereocenters. The van der Waals surface area contributed by atoms with E-state index < -0.39 is 11.6 Å². The van der Waals surface area contributed by atoms with Crippen molar-refractivity contribution in [2.45, 2.75) is 63.8 Å². The van der Waals surface area contributed by atoms with Crippen molar-refractivity contribution in [1.82, 2.24) is 5.32 Å². The van der Waals surface area contributed by atoms with Gasteiger partial charge in [0.2, 0.25) is 0 Å². The van der Waals surface area contributed by atoms with Crippen LogP contribution in [-0.2, 0) is 4.74 Å². The zero-order chi connectivity index (χ0) is 16.9. The molecule has 1 aliphatic carbocycles. The molecule has 1 heterocycles. The molecule has 2 aliphatic rings. The van der Waals surface area contributed by atoms with Crippen LogP contribution in [-0.4, -0.2) is 25.8 Å². The molecule has 0 radical (unpaired) electrons. The van der Waals surface area contributed by atoms with Gasteiger partial charge in [-0.2, -0.15) is 0 Å². The number of rotatable bonds is 5. The molecule has 2 nitrogen and oxygen atoms in total. The third-order valence-corrected chi connectivity index (χ3v) is 5.80. The van der Waals surface area contributed by atoms with Gasteiger partial charge in [0.25, 0.3) is 0 Å². The number of hydrogen-bond donors (Lipinski definition) is 1. The Bertz CT molecular complexity index is 535. The van der Waals surface area contributed by atoms with E-state index in [9.17, 15) is 8.78 Å². The first-order chi connectivity index (χ1) is 11.6. The van der Waals surface area contributed by atoms with Crippen molar-refractivity contribution in [3.8, 4) is 0 Å². The maximum absolute atomic E-state index is 13.5. The lowest BCUT2D eigenvalue weighted by atomic mass is 9.76. The molecular formula is C20H29F2NO. The fourth-order valence-electron chi connectivity index (χ4n) is 4.26. The Morgan fingerprint density at radius 1 is 1.00 bits per heavy atom. The third kappa shape index (κ3) is 4.54. The van der Waals surface area contributed by atoms with Crippen molar-refractivity contribution < 1.29 is 13.5 Å². The smallest absolute Gasteiger partial charge is 0.159 e. The standard InChI is InChI=1S/C20H29F2NO/c1-14-12-19(21)20(22)13-18(14)16-4-2-15(3-5-16)6-9-23-17-7-10-24-11-8-17/h12-13,15-17,23H,2-11H2,1H3/t15-,16+. The first-order valence-electron chi connectivity index (χ1n) is 9.40. The second-order valence-electron chi connectivity index (χ2n) is 7.47. The lowest BCUT2D eigenvalue weighted by molar-refractivity contribution is 0.0775. The summed E-state index contributed by atoms with van der Waals surface area (Å²) in [6.45, 7) is 4.75. The van der Waals surface area contributed by atoms with Crippen LogP contribution in [0.25, 0.3) is 0 Å². The normalized spacial score (nSPS) is 25.8. The monoisotopic (exact) mass is 337 g/mol. The van der Waals surface area contributed by atoms with Gasteiger partial charge in [0.15, 0.2) is 11.6 Å². The van der Waals surface area contributed by atoms with E-state index in [1.54, 1.807) is 0 Å². The van der Waals surface area contributed by atoms with Crippen molar-refractivity contribution in [2.75, 3.05) is 19.8 Å². The first-order valence-corrected chi connectivity index (χ1v) is 9.40. The second-order valence-corrected chi connectivity index (χ2v) is 7.47. The highest BCUT2D eigenvalue weighted by Gasteiger charge is 2.24. The van der Waals surface area contributed by atoms with E-state index in [0.717, 1.165) is 62.5 Å². The van der Waals surface area contributed by atoms with E-state index in [1.807, 2.05) is 6.92 Å². The summed E-state index contributed by atoms with van der Waals surface area (Å²) in [7, 11) is 0. The Balaban J connectivity index is 1.43. The number of nitrogens with one attached hydrogen (secondary N) is 1. The van der Waals surface area contributed by atoms with Gasteiger partial charge in [0, 0.05) is 19.3 Å². The van der Waals surface area contributed by atoms with Gasteiger partial charge in [0.1, 0.15) is 0 Å². The van der Waals surface area contributed by atoms with Gasteiger partial charge in [-0.25, -0.2) is 8.78 Å². The van der Waals surface area contributed by atoms with E-state index >= 15 is 0 Å². The molecule has 4 heteroatoms. The molecule has 0 bridgehead atoms. The Hall–Kier alpha value is -1.00. The topological polar surface area (TPSA) is 21.3 Å². The van der Waals surface area contributed by atoms with Gasteiger partial charge in [-0.05, 0) is 93.5 Å². The molecule has 0 spiro atoms. The van der Waals surface area contributed by atoms with Crippen LogP contribution in [0.15, 0.2) is 12.1 Å². The molecule has 3 rings (SSSR count). The van der Waals surface area contributed by atoms with Crippen molar-refractivity contribution in [2.24, 2.45) is 5.92 Å². The lowest BCUT2D eigenvalue weighted by Crippen LogP contribution is -2.36. The van der Waals surface area contributed by atoms with Crippen LogP contribution in [0.3, 0.4) is 0 Å². The van der Waals surface area contributed by atoms with Gasteiger partial charge in [-0.3, -0.25) is 0 Å². The maximum atomic E-state index is 13.5. The van der Waals surface area contributed by atoms with Gasteiger partial charge in [-0.1, -0.05) is 0 Å². The highest BCUT2D eigenvalue weighted by Crippen LogP contribution is 2.38. The number of hydrogen-bond acceptors (Lipinski definition) is 2. The average molecular weight is 337 g/mol. The van der Waals surface area contributed by atoms with Crippen LogP contribution >= 0.6 is 0 Å². The molecule has 1 aliphatic heterocycles. The number of benzene rings is 1. The molecule has 24 heavy (non-hydrogen) atoms. The SMILES string of the molecule is Cc1cc(F)c(F)cc1[C@H]1CC[C@@H](CCNC2CCOCC2)CC1. The summed E-state index contributed by atoms with van der Waals surface area (Å²) in [5, 5.41) is 3.66. The maximum Gasteiger partial charge on any atom is 0.159 e. The minimum atomic E-state index is -0.732. The van der Waals surface area contributed by atoms with Crippen LogP contribution in [0.5, 0.6) is 0 Å². The van der Waals surface area contributed by atoms with Crippen LogP contribution in [0.2, 0.25) is 0 Å². The van der Waals surface area contributed by atoms with Crippen LogP contribution in [0.4, 0.5) is 8.78 Å². The predicted octanol–water partition coefficient (Wildman–Crippen LogP) is 4.71. The molecule has 134 valence electrons. The zero-order valence-corrected chi connectivity index (χ0v) is 14.6. The highest BCUT2D eigenvalue weighted by molar-refractivity contribution is 5.31. The summed E-state index contributed by atoms with van der Waals surface area (Å²) in [5.74, 6) is -0.290. The van der Waals surface area contributed by atoms with Gasteiger partial charge in [-0.15, -0.1) is 0 Å². The Labute approximate surface area is 144 Å². The van der Waals surface area contributed by atoms with Crippen molar-refractivity contribution in [3.63, 3.8) is 0 Å². The van der Waals surface area contributed by atoms with Gasteiger partial charge in [0.05, 0.1) is 0 Å². The van der Waals surface area contributed by atoms with Crippen molar-refractivity contribution >= 4 is 0 Å². The van der Waals surface area contributed by atoms with Crippen LogP contribution in [0.1, 0.15) is 62.0 Å². The summed E-state index contributed by atoms with van der Waals surface area (Å²) >= 11 is 0. The fraction of sp³-hybridized carbons (Fsp3) is 0.700. The number of aryl methyl sites for hydroxylation is 1. The largest absolute Gasteiger partial charge is 0.381 e. The van der Waals surface area contributed by atoms with Crippen LogP contribution in [0, 0.1) is 24.5 Å². The molecule has 0 unspecified atom stereocenters. The van der Waals surface area contributed by atoms with Crippen molar-refractivity contribution in [3.05, 3.63) is 34.9 Å². The Morgan fingerprint density at radius 3 is 2.38 bits per heavy atom. The second kappa shape index (κ2) is 8.39. The minimum absolute atomic E-state index is 0.389. The Kier molecular flexibility index (Phi) is 6.23. The molecule has 0 amide bonds. The first kappa shape index (κ1) is 17.8. The molecule has 1 aromatic carbocycles. The zero-order valence-electron chi connectivity index (χ0n) is 14.6. The van der Waals surface area contributed by atoms with E-state index in [4.69, 9.17) is 4.74 Å². The fourth-order valence-corrected chi connectivity index (χ4v) is 4.26.